The van der Waals surface area contributed by atoms with Gasteiger partial charge in [0.1, 0.15) is 0 Å². The van der Waals surface area contributed by atoms with Gasteiger partial charge in [-0.1, -0.05) is 19.0 Å². The minimum absolute atomic E-state index is 0.0325. The molecule has 3 rings (SSSR count). The lowest BCUT2D eigenvalue weighted by Crippen LogP contribution is -2.54. The SMILES string of the molecule is CC(C)C(CNC(=O)CCc1nc(-c2ccsc2)no1)N1CCN(C)CC1. The summed E-state index contributed by atoms with van der Waals surface area (Å²) in [6, 6.07) is 2.33. The molecule has 1 fully saturated rings. The van der Waals surface area contributed by atoms with E-state index in [1.54, 1.807) is 11.3 Å². The predicted molar refractivity (Wildman–Crippen MR) is 107 cm³/mol. The molecule has 1 N–H and O–H groups in total. The van der Waals surface area contributed by atoms with E-state index in [1.165, 1.54) is 0 Å². The van der Waals surface area contributed by atoms with Crippen molar-refractivity contribution in [3.8, 4) is 11.4 Å². The minimum Gasteiger partial charge on any atom is -0.355 e. The van der Waals surface area contributed by atoms with Crippen LogP contribution in [0.4, 0.5) is 0 Å². The maximum absolute atomic E-state index is 12.3. The zero-order valence-electron chi connectivity index (χ0n) is 16.4. The fourth-order valence-electron chi connectivity index (χ4n) is 3.33. The Morgan fingerprint density at radius 1 is 1.33 bits per heavy atom. The van der Waals surface area contributed by atoms with Crippen LogP contribution in [0.15, 0.2) is 21.3 Å². The van der Waals surface area contributed by atoms with Gasteiger partial charge in [-0.05, 0) is 24.4 Å². The molecule has 0 spiro atoms. The van der Waals surface area contributed by atoms with Crippen LogP contribution in [-0.4, -0.2) is 71.7 Å². The lowest BCUT2D eigenvalue weighted by molar-refractivity contribution is -0.121. The number of amides is 1. The number of rotatable bonds is 8. The largest absolute Gasteiger partial charge is 0.355 e. The van der Waals surface area contributed by atoms with Gasteiger partial charge in [0.2, 0.25) is 17.6 Å². The maximum atomic E-state index is 12.3. The molecule has 0 bridgehead atoms. The molecular formula is C19H29N5O2S. The third kappa shape index (κ3) is 5.60. The molecule has 1 atom stereocenters. The van der Waals surface area contributed by atoms with Gasteiger partial charge in [-0.3, -0.25) is 9.69 Å². The number of aromatic nitrogens is 2. The van der Waals surface area contributed by atoms with Gasteiger partial charge in [0.25, 0.3) is 0 Å². The van der Waals surface area contributed by atoms with E-state index in [0.717, 1.165) is 31.7 Å². The molecule has 1 aliphatic heterocycles. The molecule has 0 aliphatic carbocycles. The summed E-state index contributed by atoms with van der Waals surface area (Å²) >= 11 is 1.59. The van der Waals surface area contributed by atoms with Gasteiger partial charge in [-0.15, -0.1) is 0 Å². The summed E-state index contributed by atoms with van der Waals surface area (Å²) in [6.07, 6.45) is 0.822. The Bertz CT molecular complexity index is 708. The Hall–Kier alpha value is -1.77. The number of carbonyl (C=O) groups excluding carboxylic acids is 1. The Morgan fingerprint density at radius 2 is 2.11 bits per heavy atom. The summed E-state index contributed by atoms with van der Waals surface area (Å²) in [6.45, 7) is 9.41. The van der Waals surface area contributed by atoms with Crippen molar-refractivity contribution in [1.82, 2.24) is 25.3 Å². The van der Waals surface area contributed by atoms with Crippen molar-refractivity contribution in [1.29, 1.82) is 0 Å². The molecule has 1 aliphatic rings. The summed E-state index contributed by atoms with van der Waals surface area (Å²) < 4.78 is 5.26. The molecule has 1 unspecified atom stereocenters. The highest BCUT2D eigenvalue weighted by atomic mass is 32.1. The Kier molecular flexibility index (Phi) is 6.98. The van der Waals surface area contributed by atoms with Gasteiger partial charge in [0.05, 0.1) is 0 Å². The highest BCUT2D eigenvalue weighted by Gasteiger charge is 2.25. The Labute approximate surface area is 164 Å². The van der Waals surface area contributed by atoms with Gasteiger partial charge >= 0.3 is 0 Å². The van der Waals surface area contributed by atoms with Gasteiger partial charge in [0.15, 0.2) is 0 Å². The normalized spacial score (nSPS) is 17.3. The van der Waals surface area contributed by atoms with E-state index in [4.69, 9.17) is 4.52 Å². The number of piperazine rings is 1. The maximum Gasteiger partial charge on any atom is 0.227 e. The van der Waals surface area contributed by atoms with E-state index >= 15 is 0 Å². The molecule has 3 heterocycles. The van der Waals surface area contributed by atoms with Gasteiger partial charge in [-0.2, -0.15) is 16.3 Å². The fraction of sp³-hybridized carbons (Fsp3) is 0.632. The highest BCUT2D eigenvalue weighted by Crippen LogP contribution is 2.19. The van der Waals surface area contributed by atoms with E-state index in [9.17, 15) is 4.79 Å². The number of nitrogens with zero attached hydrogens (tertiary/aromatic N) is 4. The van der Waals surface area contributed by atoms with Crippen molar-refractivity contribution in [2.24, 2.45) is 5.92 Å². The van der Waals surface area contributed by atoms with Gasteiger partial charge < -0.3 is 14.7 Å². The van der Waals surface area contributed by atoms with Crippen molar-refractivity contribution < 1.29 is 9.32 Å². The van der Waals surface area contributed by atoms with Crippen LogP contribution in [0.25, 0.3) is 11.4 Å². The molecule has 0 radical (unpaired) electrons. The summed E-state index contributed by atoms with van der Waals surface area (Å²) in [5.74, 6) is 1.62. The van der Waals surface area contributed by atoms with Crippen molar-refractivity contribution in [2.45, 2.75) is 32.7 Å². The van der Waals surface area contributed by atoms with Crippen LogP contribution in [0.3, 0.4) is 0 Å². The predicted octanol–water partition coefficient (Wildman–Crippen LogP) is 2.12. The van der Waals surface area contributed by atoms with Crippen molar-refractivity contribution in [2.75, 3.05) is 39.8 Å². The highest BCUT2D eigenvalue weighted by molar-refractivity contribution is 7.08. The van der Waals surface area contributed by atoms with E-state index < -0.39 is 0 Å². The quantitative estimate of drug-likeness (QED) is 0.743. The van der Waals surface area contributed by atoms with Crippen LogP contribution in [0.1, 0.15) is 26.2 Å². The van der Waals surface area contributed by atoms with E-state index in [0.29, 0.717) is 43.1 Å². The first-order valence-electron chi connectivity index (χ1n) is 9.57. The third-order valence-electron chi connectivity index (χ3n) is 5.10. The molecule has 1 amide bonds. The number of hydrogen-bond donors (Lipinski definition) is 1. The second-order valence-electron chi connectivity index (χ2n) is 7.48. The average Bonchev–Trinajstić information content (AvgIpc) is 3.33. The molecule has 2 aromatic rings. The molecule has 0 aromatic carbocycles. The van der Waals surface area contributed by atoms with Crippen molar-refractivity contribution >= 4 is 17.2 Å². The van der Waals surface area contributed by atoms with Crippen LogP contribution >= 0.6 is 11.3 Å². The van der Waals surface area contributed by atoms with E-state index in [2.05, 4.69) is 46.2 Å². The van der Waals surface area contributed by atoms with Crippen LogP contribution in [0, 0.1) is 5.92 Å². The topological polar surface area (TPSA) is 74.5 Å². The molecule has 7 nitrogen and oxygen atoms in total. The zero-order chi connectivity index (χ0) is 19.2. The summed E-state index contributed by atoms with van der Waals surface area (Å²) in [4.78, 5) is 21.5. The molecule has 1 saturated heterocycles. The molecule has 148 valence electrons. The van der Waals surface area contributed by atoms with E-state index in [1.807, 2.05) is 16.8 Å². The van der Waals surface area contributed by atoms with Crippen LogP contribution in [0.2, 0.25) is 0 Å². The monoisotopic (exact) mass is 391 g/mol. The smallest absolute Gasteiger partial charge is 0.227 e. The fourth-order valence-corrected chi connectivity index (χ4v) is 3.97. The van der Waals surface area contributed by atoms with Crippen LogP contribution in [-0.2, 0) is 11.2 Å². The molecule has 27 heavy (non-hydrogen) atoms. The Balaban J connectivity index is 1.44. The second-order valence-corrected chi connectivity index (χ2v) is 8.26. The van der Waals surface area contributed by atoms with Crippen LogP contribution in [0.5, 0.6) is 0 Å². The zero-order valence-corrected chi connectivity index (χ0v) is 17.2. The first-order chi connectivity index (χ1) is 13.0. The molecular weight excluding hydrogens is 362 g/mol. The lowest BCUT2D eigenvalue weighted by atomic mass is 10.0. The van der Waals surface area contributed by atoms with Gasteiger partial charge in [0, 0.05) is 62.6 Å². The molecule has 8 heteroatoms. The number of thiophene rings is 1. The summed E-state index contributed by atoms with van der Waals surface area (Å²) in [7, 11) is 2.16. The van der Waals surface area contributed by atoms with Gasteiger partial charge in [-0.25, -0.2) is 0 Å². The average molecular weight is 392 g/mol. The standard InChI is InChI=1S/C19H29N5O2S/c1-14(2)16(24-9-7-23(3)8-10-24)12-20-17(25)4-5-18-21-19(22-26-18)15-6-11-27-13-15/h6,11,13-14,16H,4-5,7-10,12H2,1-3H3,(H,20,25). The van der Waals surface area contributed by atoms with Crippen LogP contribution < -0.4 is 5.32 Å². The Morgan fingerprint density at radius 3 is 2.78 bits per heavy atom. The minimum atomic E-state index is 0.0325. The number of aryl methyl sites for hydroxylation is 1. The molecule has 0 saturated carbocycles. The first kappa shape index (κ1) is 20.0. The lowest BCUT2D eigenvalue weighted by Gasteiger charge is -2.39. The van der Waals surface area contributed by atoms with E-state index in [-0.39, 0.29) is 5.91 Å². The number of nitrogens with one attached hydrogen (secondary N) is 1. The summed E-state index contributed by atoms with van der Waals surface area (Å²) in [5, 5.41) is 11.0. The number of likely N-dealkylation sites (N-methyl/N-ethyl adjacent to an activating group) is 1. The van der Waals surface area contributed by atoms with Crippen molar-refractivity contribution in [3.63, 3.8) is 0 Å². The number of carbonyl (C=O) groups is 1. The third-order valence-corrected chi connectivity index (χ3v) is 5.78. The second kappa shape index (κ2) is 9.43. The number of hydrogen-bond acceptors (Lipinski definition) is 7. The van der Waals surface area contributed by atoms with Crippen molar-refractivity contribution in [3.05, 3.63) is 22.7 Å². The summed E-state index contributed by atoms with van der Waals surface area (Å²) in [5.41, 5.74) is 0.950. The molecule has 2 aromatic heterocycles. The first-order valence-corrected chi connectivity index (χ1v) is 10.5.